The molecule has 1 unspecified atom stereocenters. The third-order valence-electron chi connectivity index (χ3n) is 4.01. The lowest BCUT2D eigenvalue weighted by Crippen LogP contribution is -2.40. The van der Waals surface area contributed by atoms with E-state index in [0.717, 1.165) is 12.3 Å². The molecule has 6 heteroatoms. The van der Waals surface area contributed by atoms with Crippen molar-refractivity contribution in [2.45, 2.75) is 18.9 Å². The molecule has 0 bridgehead atoms. The number of amides is 1. The van der Waals surface area contributed by atoms with Crippen LogP contribution in [0.2, 0.25) is 0 Å². The Morgan fingerprint density at radius 2 is 2.00 bits per heavy atom. The standard InChI is InChI=1S/C16H22N2O3.ClH/c19-16(18-8-10-20-11-9-18)13-3-5-15(6-4-13)21-12-14-2-1-7-17-14;/h3-6,14,17H,1-2,7-12H2;1H. The summed E-state index contributed by atoms with van der Waals surface area (Å²) >= 11 is 0. The SMILES string of the molecule is Cl.O=C(c1ccc(OCC2CCCN2)cc1)N1CCOCC1. The summed E-state index contributed by atoms with van der Waals surface area (Å²) < 4.78 is 11.0. The fraction of sp³-hybridized carbons (Fsp3) is 0.562. The highest BCUT2D eigenvalue weighted by Gasteiger charge is 2.18. The van der Waals surface area contributed by atoms with Crippen molar-refractivity contribution in [3.8, 4) is 5.75 Å². The van der Waals surface area contributed by atoms with Crippen LogP contribution in [-0.4, -0.2) is 56.3 Å². The highest BCUT2D eigenvalue weighted by Crippen LogP contribution is 2.16. The first-order chi connectivity index (χ1) is 10.3. The van der Waals surface area contributed by atoms with Crippen molar-refractivity contribution in [1.82, 2.24) is 10.2 Å². The fourth-order valence-corrected chi connectivity index (χ4v) is 2.74. The molecule has 1 aromatic rings. The Hall–Kier alpha value is -1.30. The smallest absolute Gasteiger partial charge is 0.254 e. The van der Waals surface area contributed by atoms with Crippen LogP contribution in [0.3, 0.4) is 0 Å². The van der Waals surface area contributed by atoms with E-state index in [0.29, 0.717) is 44.5 Å². The lowest BCUT2D eigenvalue weighted by atomic mass is 10.2. The summed E-state index contributed by atoms with van der Waals surface area (Å²) in [5.41, 5.74) is 0.711. The van der Waals surface area contributed by atoms with E-state index in [1.54, 1.807) is 0 Å². The zero-order valence-corrected chi connectivity index (χ0v) is 13.4. The number of carbonyl (C=O) groups excluding carboxylic acids is 1. The third-order valence-corrected chi connectivity index (χ3v) is 4.01. The van der Waals surface area contributed by atoms with Crippen molar-refractivity contribution in [2.24, 2.45) is 0 Å². The van der Waals surface area contributed by atoms with Crippen LogP contribution in [0.25, 0.3) is 0 Å². The predicted molar refractivity (Wildman–Crippen MR) is 86.9 cm³/mol. The molecule has 2 heterocycles. The molecule has 1 atom stereocenters. The molecule has 0 spiro atoms. The molecule has 22 heavy (non-hydrogen) atoms. The van der Waals surface area contributed by atoms with Crippen LogP contribution in [0, 0.1) is 0 Å². The number of hydrogen-bond donors (Lipinski definition) is 1. The minimum absolute atomic E-state index is 0. The average Bonchev–Trinajstić information content (AvgIpc) is 3.07. The fourth-order valence-electron chi connectivity index (χ4n) is 2.74. The molecule has 3 rings (SSSR count). The molecule has 122 valence electrons. The number of benzene rings is 1. The Balaban J connectivity index is 0.00000176. The molecular weight excluding hydrogens is 304 g/mol. The van der Waals surface area contributed by atoms with Gasteiger partial charge in [0.15, 0.2) is 0 Å². The number of rotatable bonds is 4. The molecule has 2 aliphatic rings. The van der Waals surface area contributed by atoms with E-state index >= 15 is 0 Å². The first kappa shape index (κ1) is 17.1. The number of halogens is 1. The molecule has 0 aromatic heterocycles. The number of ether oxygens (including phenoxy) is 2. The zero-order chi connectivity index (χ0) is 14.5. The number of nitrogens with one attached hydrogen (secondary N) is 1. The lowest BCUT2D eigenvalue weighted by molar-refractivity contribution is 0.0303. The van der Waals surface area contributed by atoms with Gasteiger partial charge < -0.3 is 19.7 Å². The number of nitrogens with zero attached hydrogens (tertiary/aromatic N) is 1. The average molecular weight is 327 g/mol. The molecule has 2 fully saturated rings. The summed E-state index contributed by atoms with van der Waals surface area (Å²) in [6.45, 7) is 4.37. The Kier molecular flexibility index (Phi) is 6.49. The second-order valence-corrected chi connectivity index (χ2v) is 5.53. The van der Waals surface area contributed by atoms with Gasteiger partial charge in [-0.2, -0.15) is 0 Å². The summed E-state index contributed by atoms with van der Waals surface area (Å²) in [6.07, 6.45) is 2.40. The summed E-state index contributed by atoms with van der Waals surface area (Å²) in [4.78, 5) is 14.1. The van der Waals surface area contributed by atoms with Gasteiger partial charge in [0.25, 0.3) is 5.91 Å². The van der Waals surface area contributed by atoms with Gasteiger partial charge in [-0.1, -0.05) is 0 Å². The molecule has 0 radical (unpaired) electrons. The van der Waals surface area contributed by atoms with Gasteiger partial charge in [-0.05, 0) is 43.7 Å². The highest BCUT2D eigenvalue weighted by molar-refractivity contribution is 5.94. The van der Waals surface area contributed by atoms with Crippen LogP contribution >= 0.6 is 12.4 Å². The molecule has 2 saturated heterocycles. The minimum Gasteiger partial charge on any atom is -0.492 e. The quantitative estimate of drug-likeness (QED) is 0.915. The Morgan fingerprint density at radius 1 is 1.27 bits per heavy atom. The Labute approximate surface area is 137 Å². The van der Waals surface area contributed by atoms with Gasteiger partial charge in [0.2, 0.25) is 0 Å². The van der Waals surface area contributed by atoms with Crippen LogP contribution in [0.15, 0.2) is 24.3 Å². The third kappa shape index (κ3) is 4.35. The second kappa shape index (κ2) is 8.36. The molecule has 1 aromatic carbocycles. The van der Waals surface area contributed by atoms with Crippen molar-refractivity contribution in [1.29, 1.82) is 0 Å². The van der Waals surface area contributed by atoms with Crippen LogP contribution in [0.1, 0.15) is 23.2 Å². The Bertz CT molecular complexity index is 469. The monoisotopic (exact) mass is 326 g/mol. The number of hydrogen-bond acceptors (Lipinski definition) is 4. The number of morpholine rings is 1. The van der Waals surface area contributed by atoms with Gasteiger partial charge in [-0.3, -0.25) is 4.79 Å². The van der Waals surface area contributed by atoms with Gasteiger partial charge in [-0.25, -0.2) is 0 Å². The summed E-state index contributed by atoms with van der Waals surface area (Å²) in [7, 11) is 0. The maximum Gasteiger partial charge on any atom is 0.254 e. The molecule has 5 nitrogen and oxygen atoms in total. The van der Waals surface area contributed by atoms with Gasteiger partial charge in [-0.15, -0.1) is 12.4 Å². The first-order valence-corrected chi connectivity index (χ1v) is 7.66. The largest absolute Gasteiger partial charge is 0.492 e. The van der Waals surface area contributed by atoms with E-state index < -0.39 is 0 Å². The van der Waals surface area contributed by atoms with Crippen molar-refractivity contribution in [3.63, 3.8) is 0 Å². The van der Waals surface area contributed by atoms with Crippen LogP contribution in [0.4, 0.5) is 0 Å². The van der Waals surface area contributed by atoms with Crippen molar-refractivity contribution in [2.75, 3.05) is 39.5 Å². The van der Waals surface area contributed by atoms with E-state index in [9.17, 15) is 4.79 Å². The van der Waals surface area contributed by atoms with Crippen LogP contribution < -0.4 is 10.1 Å². The van der Waals surface area contributed by atoms with Gasteiger partial charge in [0.1, 0.15) is 12.4 Å². The lowest BCUT2D eigenvalue weighted by Gasteiger charge is -2.26. The van der Waals surface area contributed by atoms with E-state index in [1.807, 2.05) is 29.2 Å². The van der Waals surface area contributed by atoms with E-state index in [2.05, 4.69) is 5.32 Å². The van der Waals surface area contributed by atoms with Gasteiger partial charge >= 0.3 is 0 Å². The van der Waals surface area contributed by atoms with Crippen LogP contribution in [0.5, 0.6) is 5.75 Å². The minimum atomic E-state index is 0. The zero-order valence-electron chi connectivity index (χ0n) is 12.6. The molecule has 1 amide bonds. The van der Waals surface area contributed by atoms with Crippen molar-refractivity contribution >= 4 is 18.3 Å². The maximum absolute atomic E-state index is 12.3. The second-order valence-electron chi connectivity index (χ2n) is 5.53. The van der Waals surface area contributed by atoms with Gasteiger partial charge in [0, 0.05) is 24.7 Å². The molecular formula is C16H23ClN2O3. The Morgan fingerprint density at radius 3 is 2.64 bits per heavy atom. The van der Waals surface area contributed by atoms with Crippen molar-refractivity contribution < 1.29 is 14.3 Å². The first-order valence-electron chi connectivity index (χ1n) is 7.66. The summed E-state index contributed by atoms with van der Waals surface area (Å²) in [6, 6.07) is 7.90. The van der Waals surface area contributed by atoms with Gasteiger partial charge in [0.05, 0.1) is 13.2 Å². The maximum atomic E-state index is 12.3. The highest BCUT2D eigenvalue weighted by atomic mass is 35.5. The normalized spacial score (nSPS) is 21.3. The van der Waals surface area contributed by atoms with E-state index in [4.69, 9.17) is 9.47 Å². The molecule has 0 aliphatic carbocycles. The molecule has 2 aliphatic heterocycles. The predicted octanol–water partition coefficient (Wildman–Crippen LogP) is 1.71. The van der Waals surface area contributed by atoms with E-state index in [1.165, 1.54) is 12.8 Å². The topological polar surface area (TPSA) is 50.8 Å². The number of carbonyl (C=O) groups is 1. The summed E-state index contributed by atoms with van der Waals surface area (Å²) in [5.74, 6) is 0.893. The molecule has 1 N–H and O–H groups in total. The van der Waals surface area contributed by atoms with E-state index in [-0.39, 0.29) is 18.3 Å². The van der Waals surface area contributed by atoms with Crippen LogP contribution in [-0.2, 0) is 4.74 Å². The van der Waals surface area contributed by atoms with Crippen molar-refractivity contribution in [3.05, 3.63) is 29.8 Å². The molecule has 0 saturated carbocycles. The summed E-state index contributed by atoms with van der Waals surface area (Å²) in [5, 5.41) is 3.40.